The highest BCUT2D eigenvalue weighted by Gasteiger charge is 2.21. The smallest absolute Gasteiger partial charge is 0.197 e. The van der Waals surface area contributed by atoms with E-state index in [0.717, 1.165) is 5.39 Å². The largest absolute Gasteiger partial charge is 0.460 e. The van der Waals surface area contributed by atoms with Gasteiger partial charge in [-0.15, -0.1) is 0 Å². The van der Waals surface area contributed by atoms with Crippen molar-refractivity contribution in [2.75, 3.05) is 0 Å². The summed E-state index contributed by atoms with van der Waals surface area (Å²) in [4.78, 5) is 16.7. The predicted octanol–water partition coefficient (Wildman–Crippen LogP) is 4.93. The number of aryl methyl sites for hydroxylation is 1. The van der Waals surface area contributed by atoms with Gasteiger partial charge in [-0.3, -0.25) is 4.79 Å². The first-order valence-corrected chi connectivity index (χ1v) is 7.24. The molecule has 0 fully saturated rings. The van der Waals surface area contributed by atoms with Gasteiger partial charge in [-0.2, -0.15) is 0 Å². The molecule has 0 amide bonds. The maximum atomic E-state index is 12.8. The van der Waals surface area contributed by atoms with Gasteiger partial charge in [-0.25, -0.2) is 4.98 Å². The zero-order valence-corrected chi connectivity index (χ0v) is 12.7. The molecule has 2 heterocycles. The second-order valence-corrected chi connectivity index (χ2v) is 5.35. The summed E-state index contributed by atoms with van der Waals surface area (Å²) in [6.45, 7) is 1.95. The molecule has 3 rings (SSSR count). The van der Waals surface area contributed by atoms with E-state index < -0.39 is 0 Å². The topological polar surface area (TPSA) is 43.1 Å². The second-order valence-electron chi connectivity index (χ2n) is 4.58. The minimum absolute atomic E-state index is 0.164. The molecule has 1 aromatic carbocycles. The van der Waals surface area contributed by atoms with E-state index in [1.165, 1.54) is 12.1 Å². The third kappa shape index (κ3) is 2.55. The lowest BCUT2D eigenvalue weighted by Gasteiger charge is -2.03. The van der Waals surface area contributed by atoms with Gasteiger partial charge in [0.2, 0.25) is 0 Å². The van der Waals surface area contributed by atoms with Crippen molar-refractivity contribution < 1.29 is 9.21 Å². The fourth-order valence-electron chi connectivity index (χ4n) is 2.33. The SMILES string of the molecule is CCc1oc2ccccc2c1C(=O)c1cc(Cl)nc(Cl)c1. The highest BCUT2D eigenvalue weighted by Crippen LogP contribution is 2.29. The van der Waals surface area contributed by atoms with Gasteiger partial charge in [0.15, 0.2) is 5.78 Å². The Labute approximate surface area is 131 Å². The van der Waals surface area contributed by atoms with Gasteiger partial charge in [0.1, 0.15) is 21.6 Å². The number of halogens is 2. The number of ketones is 1. The van der Waals surface area contributed by atoms with E-state index in [1.807, 2.05) is 31.2 Å². The highest BCUT2D eigenvalue weighted by atomic mass is 35.5. The minimum Gasteiger partial charge on any atom is -0.460 e. The van der Waals surface area contributed by atoms with E-state index in [1.54, 1.807) is 0 Å². The first-order valence-electron chi connectivity index (χ1n) is 6.48. The molecule has 0 saturated carbocycles. The first kappa shape index (κ1) is 14.1. The quantitative estimate of drug-likeness (QED) is 0.508. The van der Waals surface area contributed by atoms with Crippen LogP contribution in [0.4, 0.5) is 0 Å². The first-order chi connectivity index (χ1) is 10.1. The van der Waals surface area contributed by atoms with Crippen molar-refractivity contribution in [1.29, 1.82) is 0 Å². The van der Waals surface area contributed by atoms with Gasteiger partial charge in [-0.05, 0) is 18.2 Å². The molecule has 0 aliphatic rings. The van der Waals surface area contributed by atoms with Crippen LogP contribution < -0.4 is 0 Å². The summed E-state index contributed by atoms with van der Waals surface area (Å²) >= 11 is 11.8. The summed E-state index contributed by atoms with van der Waals surface area (Å²) < 4.78 is 5.75. The van der Waals surface area contributed by atoms with Crippen molar-refractivity contribution in [1.82, 2.24) is 4.98 Å². The number of fused-ring (bicyclic) bond motifs is 1. The second kappa shape index (κ2) is 5.51. The molecule has 0 unspecified atom stereocenters. The molecule has 0 atom stereocenters. The van der Waals surface area contributed by atoms with Crippen LogP contribution in [0.15, 0.2) is 40.8 Å². The molecule has 0 aliphatic heterocycles. The van der Waals surface area contributed by atoms with Gasteiger partial charge in [0.25, 0.3) is 0 Å². The van der Waals surface area contributed by atoms with Crippen LogP contribution in [0.3, 0.4) is 0 Å². The Kier molecular flexibility index (Phi) is 3.70. The predicted molar refractivity (Wildman–Crippen MR) is 83.3 cm³/mol. The molecular weight excluding hydrogens is 309 g/mol. The standard InChI is InChI=1S/C16H11Cl2NO2/c1-2-11-15(10-5-3-4-6-12(10)21-11)16(20)9-7-13(17)19-14(18)8-9/h3-8H,2H2,1H3. The number of para-hydroxylation sites is 1. The van der Waals surface area contributed by atoms with E-state index in [4.69, 9.17) is 27.6 Å². The molecule has 2 aromatic heterocycles. The van der Waals surface area contributed by atoms with Crippen LogP contribution in [-0.2, 0) is 6.42 Å². The third-order valence-corrected chi connectivity index (χ3v) is 3.63. The van der Waals surface area contributed by atoms with Crippen LogP contribution in [0.5, 0.6) is 0 Å². The average Bonchev–Trinajstić information content (AvgIpc) is 2.83. The molecule has 3 aromatic rings. The van der Waals surface area contributed by atoms with Crippen molar-refractivity contribution in [3.63, 3.8) is 0 Å². The van der Waals surface area contributed by atoms with E-state index in [2.05, 4.69) is 4.98 Å². The summed E-state index contributed by atoms with van der Waals surface area (Å²) in [6.07, 6.45) is 0.627. The summed E-state index contributed by atoms with van der Waals surface area (Å²) in [6, 6.07) is 10.5. The van der Waals surface area contributed by atoms with E-state index in [-0.39, 0.29) is 16.1 Å². The van der Waals surface area contributed by atoms with E-state index in [9.17, 15) is 4.79 Å². The zero-order valence-electron chi connectivity index (χ0n) is 11.2. The number of nitrogens with zero attached hydrogens (tertiary/aromatic N) is 1. The van der Waals surface area contributed by atoms with E-state index >= 15 is 0 Å². The Morgan fingerprint density at radius 2 is 1.86 bits per heavy atom. The van der Waals surface area contributed by atoms with Crippen LogP contribution in [0.2, 0.25) is 10.3 Å². The number of benzene rings is 1. The van der Waals surface area contributed by atoms with Gasteiger partial charge in [0.05, 0.1) is 5.56 Å². The van der Waals surface area contributed by atoms with Gasteiger partial charge >= 0.3 is 0 Å². The fraction of sp³-hybridized carbons (Fsp3) is 0.125. The molecule has 5 heteroatoms. The maximum absolute atomic E-state index is 12.8. The molecule has 0 aliphatic carbocycles. The molecule has 0 N–H and O–H groups in total. The number of hydrogen-bond acceptors (Lipinski definition) is 3. The van der Waals surface area contributed by atoms with Crippen molar-refractivity contribution in [2.24, 2.45) is 0 Å². The minimum atomic E-state index is -0.164. The summed E-state index contributed by atoms with van der Waals surface area (Å²) in [5, 5.41) is 1.18. The molecule has 0 saturated heterocycles. The molecular formula is C16H11Cl2NO2. The van der Waals surface area contributed by atoms with E-state index in [0.29, 0.717) is 28.9 Å². The molecule has 106 valence electrons. The van der Waals surface area contributed by atoms with Crippen LogP contribution in [0.25, 0.3) is 11.0 Å². The number of furan rings is 1. The van der Waals surface area contributed by atoms with Crippen molar-refractivity contribution >= 4 is 40.0 Å². The number of hydrogen-bond donors (Lipinski definition) is 0. The van der Waals surface area contributed by atoms with Gasteiger partial charge < -0.3 is 4.42 Å². The van der Waals surface area contributed by atoms with Gasteiger partial charge in [-0.1, -0.05) is 48.3 Å². The lowest BCUT2D eigenvalue weighted by atomic mass is 10.0. The third-order valence-electron chi connectivity index (χ3n) is 3.24. The summed E-state index contributed by atoms with van der Waals surface area (Å²) in [5.41, 5.74) is 1.66. The fourth-order valence-corrected chi connectivity index (χ4v) is 2.79. The van der Waals surface area contributed by atoms with Crippen LogP contribution in [0, 0.1) is 0 Å². The number of carbonyl (C=O) groups is 1. The van der Waals surface area contributed by atoms with Crippen LogP contribution in [0.1, 0.15) is 28.6 Å². The van der Waals surface area contributed by atoms with Crippen LogP contribution in [-0.4, -0.2) is 10.8 Å². The van der Waals surface area contributed by atoms with Gasteiger partial charge in [0, 0.05) is 17.4 Å². The lowest BCUT2D eigenvalue weighted by Crippen LogP contribution is -2.04. The highest BCUT2D eigenvalue weighted by molar-refractivity contribution is 6.33. The van der Waals surface area contributed by atoms with Crippen molar-refractivity contribution in [2.45, 2.75) is 13.3 Å². The molecule has 3 nitrogen and oxygen atoms in total. The lowest BCUT2D eigenvalue weighted by molar-refractivity contribution is 0.103. The molecule has 21 heavy (non-hydrogen) atoms. The monoisotopic (exact) mass is 319 g/mol. The Hall–Kier alpha value is -1.84. The Morgan fingerprint density at radius 3 is 2.52 bits per heavy atom. The Bertz CT molecular complexity index is 819. The zero-order chi connectivity index (χ0) is 15.0. The summed E-state index contributed by atoms with van der Waals surface area (Å²) in [7, 11) is 0. The number of rotatable bonds is 3. The van der Waals surface area contributed by atoms with Crippen molar-refractivity contribution in [3.8, 4) is 0 Å². The number of aromatic nitrogens is 1. The molecule has 0 bridgehead atoms. The Balaban J connectivity index is 2.21. The normalized spacial score (nSPS) is 11.0. The van der Waals surface area contributed by atoms with Crippen LogP contribution >= 0.6 is 23.2 Å². The maximum Gasteiger partial charge on any atom is 0.197 e. The Morgan fingerprint density at radius 1 is 1.19 bits per heavy atom. The molecule has 0 spiro atoms. The average molecular weight is 320 g/mol. The van der Waals surface area contributed by atoms with Crippen molar-refractivity contribution in [3.05, 3.63) is 63.6 Å². The number of carbonyl (C=O) groups excluding carboxylic acids is 1. The number of pyridine rings is 1. The summed E-state index contributed by atoms with van der Waals surface area (Å²) in [5.74, 6) is 0.494. The molecule has 0 radical (unpaired) electrons.